The van der Waals surface area contributed by atoms with E-state index in [0.29, 0.717) is 6.07 Å². The molecule has 0 saturated carbocycles. The monoisotopic (exact) mass is 258 g/mol. The van der Waals surface area contributed by atoms with Crippen LogP contribution in [0.2, 0.25) is 0 Å². The average molecular weight is 258 g/mol. The van der Waals surface area contributed by atoms with Gasteiger partial charge in [-0.3, -0.25) is 0 Å². The zero-order valence-electron chi connectivity index (χ0n) is 8.46. The Morgan fingerprint density at radius 1 is 1.29 bits per heavy atom. The molecule has 0 amide bonds. The van der Waals surface area contributed by atoms with E-state index in [1.165, 1.54) is 6.92 Å². The molecule has 9 heteroatoms. The molecule has 0 bridgehead atoms. The Bertz CT molecular complexity index is 383. The number of alkyl halides is 5. The van der Waals surface area contributed by atoms with E-state index in [-0.39, 0.29) is 6.61 Å². The highest BCUT2D eigenvalue weighted by Gasteiger charge is 2.34. The first-order valence-electron chi connectivity index (χ1n) is 4.36. The highest BCUT2D eigenvalue weighted by atomic mass is 19.4. The molecule has 0 spiro atoms. The predicted octanol–water partition coefficient (Wildman–Crippen LogP) is 2.50. The van der Waals surface area contributed by atoms with E-state index in [0.717, 1.165) is 0 Å². The van der Waals surface area contributed by atoms with Crippen LogP contribution in [0, 0.1) is 0 Å². The van der Waals surface area contributed by atoms with Crippen molar-refractivity contribution in [3.8, 4) is 11.9 Å². The summed E-state index contributed by atoms with van der Waals surface area (Å²) in [6.45, 7) is -1.78. The predicted molar refractivity (Wildman–Crippen MR) is 44.8 cm³/mol. The van der Waals surface area contributed by atoms with E-state index in [2.05, 4.69) is 19.4 Å². The molecule has 0 aliphatic heterocycles. The smallest absolute Gasteiger partial charge is 0.433 e. The maximum Gasteiger partial charge on any atom is 0.433 e. The molecule has 0 fully saturated rings. The van der Waals surface area contributed by atoms with Gasteiger partial charge < -0.3 is 9.47 Å². The van der Waals surface area contributed by atoms with E-state index < -0.39 is 30.4 Å². The first kappa shape index (κ1) is 13.4. The van der Waals surface area contributed by atoms with Crippen LogP contribution < -0.4 is 9.47 Å². The molecule has 1 heterocycles. The van der Waals surface area contributed by atoms with Crippen molar-refractivity contribution < 1.29 is 31.4 Å². The van der Waals surface area contributed by atoms with Crippen molar-refractivity contribution in [2.75, 3.05) is 6.61 Å². The second-order valence-corrected chi connectivity index (χ2v) is 2.68. The zero-order chi connectivity index (χ0) is 13.1. The van der Waals surface area contributed by atoms with Gasteiger partial charge in [-0.25, -0.2) is 0 Å². The van der Waals surface area contributed by atoms with Gasteiger partial charge in [-0.15, -0.1) is 0 Å². The van der Waals surface area contributed by atoms with Crippen LogP contribution >= 0.6 is 0 Å². The Balaban J connectivity index is 3.09. The van der Waals surface area contributed by atoms with Gasteiger partial charge in [-0.2, -0.15) is 31.9 Å². The number of halogens is 5. The summed E-state index contributed by atoms with van der Waals surface area (Å²) < 4.78 is 69.1. The lowest BCUT2D eigenvalue weighted by atomic mass is 10.4. The lowest BCUT2D eigenvalue weighted by Gasteiger charge is -2.10. The van der Waals surface area contributed by atoms with Gasteiger partial charge in [0.25, 0.3) is 0 Å². The molecule has 0 N–H and O–H groups in total. The molecule has 0 atom stereocenters. The van der Waals surface area contributed by atoms with Crippen LogP contribution in [-0.2, 0) is 6.18 Å². The fraction of sp³-hybridized carbons (Fsp3) is 0.500. The lowest BCUT2D eigenvalue weighted by molar-refractivity contribution is -0.142. The minimum Gasteiger partial charge on any atom is -0.478 e. The van der Waals surface area contributed by atoms with Crippen molar-refractivity contribution >= 4 is 0 Å². The molecule has 0 unspecified atom stereocenters. The van der Waals surface area contributed by atoms with Crippen molar-refractivity contribution in [2.45, 2.75) is 19.7 Å². The molecule has 17 heavy (non-hydrogen) atoms. The summed E-state index contributed by atoms with van der Waals surface area (Å²) in [7, 11) is 0. The quantitative estimate of drug-likeness (QED) is 0.778. The first-order chi connectivity index (χ1) is 7.82. The molecule has 0 saturated heterocycles. The molecule has 0 aliphatic carbocycles. The summed E-state index contributed by atoms with van der Waals surface area (Å²) in [5.74, 6) is -0.481. The van der Waals surface area contributed by atoms with Gasteiger partial charge >= 0.3 is 18.8 Å². The van der Waals surface area contributed by atoms with Gasteiger partial charge in [0.2, 0.25) is 5.88 Å². The van der Waals surface area contributed by atoms with Gasteiger partial charge in [0.05, 0.1) is 6.61 Å². The summed E-state index contributed by atoms with van der Waals surface area (Å²) in [5, 5.41) is 0. The minimum atomic E-state index is -4.80. The third-order valence-electron chi connectivity index (χ3n) is 1.46. The number of nitrogens with zero attached hydrogens (tertiary/aromatic N) is 2. The summed E-state index contributed by atoms with van der Waals surface area (Å²) in [6.07, 6.45) is -4.80. The van der Waals surface area contributed by atoms with E-state index in [4.69, 9.17) is 0 Å². The second-order valence-electron chi connectivity index (χ2n) is 2.68. The van der Waals surface area contributed by atoms with Crippen LogP contribution in [-0.4, -0.2) is 23.2 Å². The van der Waals surface area contributed by atoms with Crippen molar-refractivity contribution in [2.24, 2.45) is 0 Å². The topological polar surface area (TPSA) is 44.2 Å². The zero-order valence-corrected chi connectivity index (χ0v) is 8.46. The number of ether oxygens (including phenoxy) is 2. The highest BCUT2D eigenvalue weighted by Crippen LogP contribution is 2.30. The minimum absolute atomic E-state index is 0.0302. The van der Waals surface area contributed by atoms with Crippen molar-refractivity contribution in [1.82, 2.24) is 9.97 Å². The Morgan fingerprint density at radius 2 is 1.94 bits per heavy atom. The van der Waals surface area contributed by atoms with Crippen LogP contribution in [0.15, 0.2) is 6.07 Å². The molecule has 1 rings (SSSR count). The molecule has 1 aromatic heterocycles. The molecule has 0 radical (unpaired) electrons. The molecule has 4 nitrogen and oxygen atoms in total. The molecular formula is C8H7F5N2O2. The largest absolute Gasteiger partial charge is 0.478 e. The van der Waals surface area contributed by atoms with Crippen LogP contribution in [0.3, 0.4) is 0 Å². The van der Waals surface area contributed by atoms with Gasteiger partial charge in [0.1, 0.15) is 0 Å². The Kier molecular flexibility index (Phi) is 4.02. The highest BCUT2D eigenvalue weighted by molar-refractivity contribution is 5.20. The summed E-state index contributed by atoms with van der Waals surface area (Å²) in [5.41, 5.74) is -1.41. The first-order valence-corrected chi connectivity index (χ1v) is 4.36. The maximum absolute atomic E-state index is 12.3. The van der Waals surface area contributed by atoms with Gasteiger partial charge in [-0.05, 0) is 6.92 Å². The fourth-order valence-electron chi connectivity index (χ4n) is 0.903. The molecule has 0 aromatic carbocycles. The third kappa shape index (κ3) is 4.00. The Morgan fingerprint density at radius 3 is 2.41 bits per heavy atom. The van der Waals surface area contributed by atoms with Crippen LogP contribution in [0.1, 0.15) is 12.6 Å². The molecular weight excluding hydrogens is 251 g/mol. The lowest BCUT2D eigenvalue weighted by Crippen LogP contribution is -2.13. The standard InChI is InChI=1S/C8H7F5N2O2/c1-2-16-5-3-4(8(11,12)13)14-7(15-5)17-6(9)10/h3,6H,2H2,1H3. The van der Waals surface area contributed by atoms with Gasteiger partial charge in [-0.1, -0.05) is 0 Å². The number of rotatable bonds is 4. The van der Waals surface area contributed by atoms with E-state index in [9.17, 15) is 22.0 Å². The number of aromatic nitrogens is 2. The Labute approximate surface area is 92.4 Å². The summed E-state index contributed by atoms with van der Waals surface area (Å²) in [4.78, 5) is 6.05. The van der Waals surface area contributed by atoms with Crippen molar-refractivity contribution in [1.29, 1.82) is 0 Å². The Hall–Kier alpha value is -1.67. The van der Waals surface area contributed by atoms with E-state index in [1.807, 2.05) is 0 Å². The second kappa shape index (κ2) is 5.11. The summed E-state index contributed by atoms with van der Waals surface area (Å²) in [6, 6.07) is -0.583. The molecule has 96 valence electrons. The third-order valence-corrected chi connectivity index (χ3v) is 1.46. The van der Waals surface area contributed by atoms with Crippen LogP contribution in [0.5, 0.6) is 11.9 Å². The molecule has 1 aromatic rings. The summed E-state index contributed by atoms with van der Waals surface area (Å²) >= 11 is 0. The van der Waals surface area contributed by atoms with Gasteiger partial charge in [0.15, 0.2) is 5.69 Å². The van der Waals surface area contributed by atoms with Crippen LogP contribution in [0.4, 0.5) is 22.0 Å². The van der Waals surface area contributed by atoms with Crippen molar-refractivity contribution in [3.05, 3.63) is 11.8 Å². The van der Waals surface area contributed by atoms with Gasteiger partial charge in [0, 0.05) is 6.07 Å². The SMILES string of the molecule is CCOc1cc(C(F)(F)F)nc(OC(F)F)n1. The maximum atomic E-state index is 12.3. The van der Waals surface area contributed by atoms with Crippen molar-refractivity contribution in [3.63, 3.8) is 0 Å². The normalized spacial score (nSPS) is 11.7. The fourth-order valence-corrected chi connectivity index (χ4v) is 0.903. The molecule has 0 aliphatic rings. The van der Waals surface area contributed by atoms with E-state index >= 15 is 0 Å². The van der Waals surface area contributed by atoms with Crippen LogP contribution in [0.25, 0.3) is 0 Å². The average Bonchev–Trinajstić information content (AvgIpc) is 2.15. The number of hydrogen-bond donors (Lipinski definition) is 0. The number of hydrogen-bond acceptors (Lipinski definition) is 4. The van der Waals surface area contributed by atoms with E-state index in [1.54, 1.807) is 0 Å².